The van der Waals surface area contributed by atoms with E-state index in [1.807, 2.05) is 6.07 Å². The summed E-state index contributed by atoms with van der Waals surface area (Å²) in [4.78, 5) is 0. The lowest BCUT2D eigenvalue weighted by Crippen LogP contribution is -2.51. The number of halogens is 1. The molecule has 7 atom stereocenters. The fraction of sp³-hybridized carbons (Fsp3) is 0.615. The van der Waals surface area contributed by atoms with Crippen LogP contribution in [0.15, 0.2) is 46.0 Å². The van der Waals surface area contributed by atoms with Gasteiger partial charge in [0.05, 0.1) is 12.2 Å². The number of allylic oxidation sites excluding steroid dienone is 1. The molecule has 1 aromatic rings. The quantitative estimate of drug-likeness (QED) is 0.499. The minimum Gasteiger partial charge on any atom is -0.393 e. The summed E-state index contributed by atoms with van der Waals surface area (Å²) < 4.78 is 1.08. The maximum absolute atomic E-state index is 11.4. The van der Waals surface area contributed by atoms with Gasteiger partial charge in [-0.2, -0.15) is 0 Å². The Morgan fingerprint density at radius 3 is 2.69 bits per heavy atom. The third-order valence-corrected chi connectivity index (χ3v) is 9.64. The zero-order valence-corrected chi connectivity index (χ0v) is 19.2. The van der Waals surface area contributed by atoms with Gasteiger partial charge in [-0.1, -0.05) is 59.6 Å². The van der Waals surface area contributed by atoms with Gasteiger partial charge in [-0.3, -0.25) is 0 Å². The van der Waals surface area contributed by atoms with Gasteiger partial charge in [0.15, 0.2) is 0 Å². The molecule has 0 bridgehead atoms. The Balaban J connectivity index is 1.47. The predicted molar refractivity (Wildman–Crippen MR) is 121 cm³/mol. The van der Waals surface area contributed by atoms with Crippen molar-refractivity contribution in [2.24, 2.45) is 28.6 Å². The van der Waals surface area contributed by atoms with Crippen molar-refractivity contribution in [2.75, 3.05) is 0 Å². The van der Waals surface area contributed by atoms with E-state index in [1.165, 1.54) is 23.1 Å². The van der Waals surface area contributed by atoms with Crippen LogP contribution in [-0.2, 0) is 0 Å². The molecule has 1 aromatic carbocycles. The van der Waals surface area contributed by atoms with Crippen molar-refractivity contribution in [2.45, 2.75) is 71.0 Å². The largest absolute Gasteiger partial charge is 0.393 e. The first-order valence-corrected chi connectivity index (χ1v) is 12.1. The summed E-state index contributed by atoms with van der Waals surface area (Å²) in [5, 5.41) is 21.6. The Bertz CT molecular complexity index is 873. The summed E-state index contributed by atoms with van der Waals surface area (Å²) in [6.45, 7) is 4.81. The molecule has 5 rings (SSSR count). The summed E-state index contributed by atoms with van der Waals surface area (Å²) in [5.74, 6) is 1.91. The molecule has 0 radical (unpaired) electrons. The van der Waals surface area contributed by atoms with Crippen LogP contribution >= 0.6 is 15.9 Å². The minimum atomic E-state index is -0.334. The van der Waals surface area contributed by atoms with E-state index in [2.05, 4.69) is 60.1 Å². The van der Waals surface area contributed by atoms with Gasteiger partial charge in [0, 0.05) is 9.89 Å². The molecule has 3 heteroatoms. The first-order valence-electron chi connectivity index (χ1n) is 11.3. The van der Waals surface area contributed by atoms with Crippen molar-refractivity contribution in [3.05, 3.63) is 51.5 Å². The van der Waals surface area contributed by atoms with Crippen molar-refractivity contribution in [1.29, 1.82) is 0 Å². The van der Waals surface area contributed by atoms with Gasteiger partial charge in [0.25, 0.3) is 0 Å². The lowest BCUT2D eigenvalue weighted by molar-refractivity contribution is -0.0685. The van der Waals surface area contributed by atoms with Gasteiger partial charge in [0.1, 0.15) is 0 Å². The van der Waals surface area contributed by atoms with Crippen molar-refractivity contribution in [3.63, 3.8) is 0 Å². The number of rotatable bonds is 1. The normalized spacial score (nSPS) is 45.3. The summed E-state index contributed by atoms with van der Waals surface area (Å²) in [5.41, 5.74) is 4.16. The summed E-state index contributed by atoms with van der Waals surface area (Å²) in [6.07, 6.45) is 11.6. The second-order valence-corrected chi connectivity index (χ2v) is 11.5. The monoisotopic (exact) mass is 456 g/mol. The van der Waals surface area contributed by atoms with Gasteiger partial charge in [-0.25, -0.2) is 0 Å². The highest BCUT2D eigenvalue weighted by molar-refractivity contribution is 9.10. The molecule has 3 saturated carbocycles. The molecule has 0 amide bonds. The average Bonchev–Trinajstić information content (AvgIpc) is 2.93. The van der Waals surface area contributed by atoms with E-state index in [0.29, 0.717) is 17.8 Å². The topological polar surface area (TPSA) is 40.5 Å². The molecule has 0 heterocycles. The SMILES string of the molecule is CC12CCC(O)CC1=CCC1C2CCC2(C)C(O)/C(=C\c3cccc(Br)c3)CC12. The van der Waals surface area contributed by atoms with Crippen LogP contribution in [0.1, 0.15) is 64.4 Å². The van der Waals surface area contributed by atoms with Gasteiger partial charge < -0.3 is 10.2 Å². The highest BCUT2D eigenvalue weighted by Crippen LogP contribution is 2.65. The Labute approximate surface area is 183 Å². The number of hydrogen-bond acceptors (Lipinski definition) is 2. The molecular formula is C26H33BrO2. The van der Waals surface area contributed by atoms with E-state index in [0.717, 1.165) is 43.0 Å². The molecular weight excluding hydrogens is 424 g/mol. The molecule has 0 aromatic heterocycles. The van der Waals surface area contributed by atoms with Gasteiger partial charge in [-0.15, -0.1) is 0 Å². The van der Waals surface area contributed by atoms with E-state index < -0.39 is 0 Å². The molecule has 156 valence electrons. The zero-order chi connectivity index (χ0) is 20.4. The molecule has 0 aliphatic heterocycles. The molecule has 7 unspecified atom stereocenters. The third kappa shape index (κ3) is 3.11. The van der Waals surface area contributed by atoms with E-state index in [4.69, 9.17) is 0 Å². The average molecular weight is 457 g/mol. The van der Waals surface area contributed by atoms with Crippen LogP contribution in [0.2, 0.25) is 0 Å². The van der Waals surface area contributed by atoms with E-state index in [9.17, 15) is 10.2 Å². The Kier molecular flexibility index (Phi) is 4.88. The van der Waals surface area contributed by atoms with Crippen molar-refractivity contribution in [3.8, 4) is 0 Å². The minimum absolute atomic E-state index is 0.00506. The Hall–Kier alpha value is -0.900. The van der Waals surface area contributed by atoms with E-state index >= 15 is 0 Å². The van der Waals surface area contributed by atoms with Crippen molar-refractivity contribution in [1.82, 2.24) is 0 Å². The molecule has 29 heavy (non-hydrogen) atoms. The first kappa shape index (κ1) is 20.0. The van der Waals surface area contributed by atoms with E-state index in [-0.39, 0.29) is 23.0 Å². The van der Waals surface area contributed by atoms with Crippen LogP contribution < -0.4 is 0 Å². The Morgan fingerprint density at radius 1 is 1.07 bits per heavy atom. The van der Waals surface area contributed by atoms with Crippen LogP contribution in [0, 0.1) is 28.6 Å². The summed E-state index contributed by atoms with van der Waals surface area (Å²) in [7, 11) is 0. The molecule has 2 nitrogen and oxygen atoms in total. The second-order valence-electron chi connectivity index (χ2n) is 10.6. The molecule has 2 N–H and O–H groups in total. The lowest BCUT2D eigenvalue weighted by Gasteiger charge is -2.57. The van der Waals surface area contributed by atoms with Crippen molar-refractivity contribution < 1.29 is 10.2 Å². The summed E-state index contributed by atoms with van der Waals surface area (Å²) >= 11 is 3.57. The summed E-state index contributed by atoms with van der Waals surface area (Å²) in [6, 6.07) is 8.37. The predicted octanol–water partition coefficient (Wildman–Crippen LogP) is 6.13. The number of aliphatic hydroxyl groups excluding tert-OH is 2. The van der Waals surface area contributed by atoms with Crippen LogP contribution in [0.4, 0.5) is 0 Å². The highest BCUT2D eigenvalue weighted by Gasteiger charge is 2.59. The van der Waals surface area contributed by atoms with Gasteiger partial charge >= 0.3 is 0 Å². The van der Waals surface area contributed by atoms with Gasteiger partial charge in [-0.05, 0) is 91.4 Å². The smallest absolute Gasteiger partial charge is 0.0809 e. The van der Waals surface area contributed by atoms with Crippen LogP contribution in [0.3, 0.4) is 0 Å². The molecule has 0 spiro atoms. The maximum atomic E-state index is 11.4. The second kappa shape index (κ2) is 7.07. The van der Waals surface area contributed by atoms with Crippen LogP contribution in [0.5, 0.6) is 0 Å². The zero-order valence-electron chi connectivity index (χ0n) is 17.6. The van der Waals surface area contributed by atoms with Crippen LogP contribution in [-0.4, -0.2) is 22.4 Å². The fourth-order valence-electron chi connectivity index (χ4n) is 7.45. The number of aliphatic hydroxyl groups is 2. The number of hydrogen-bond donors (Lipinski definition) is 2. The highest BCUT2D eigenvalue weighted by atomic mass is 79.9. The molecule has 4 aliphatic rings. The van der Waals surface area contributed by atoms with Crippen molar-refractivity contribution >= 4 is 22.0 Å². The Morgan fingerprint density at radius 2 is 1.90 bits per heavy atom. The molecule has 4 aliphatic carbocycles. The van der Waals surface area contributed by atoms with E-state index in [1.54, 1.807) is 0 Å². The maximum Gasteiger partial charge on any atom is 0.0809 e. The standard InChI is InChI=1S/C26H33BrO2/c1-25-10-8-20(28)15-18(25)6-7-21-22(25)9-11-26(2)23(21)14-17(24(26)29)12-16-4-3-5-19(27)13-16/h3-6,12-13,20-24,28-29H,7-11,14-15H2,1-2H3/b17-12-. The number of benzene rings is 1. The van der Waals surface area contributed by atoms with Crippen LogP contribution in [0.25, 0.3) is 6.08 Å². The lowest BCUT2D eigenvalue weighted by atomic mass is 9.48. The number of fused-ring (bicyclic) bond motifs is 5. The third-order valence-electron chi connectivity index (χ3n) is 9.15. The molecule has 3 fully saturated rings. The fourth-order valence-corrected chi connectivity index (χ4v) is 7.87. The molecule has 0 saturated heterocycles. The van der Waals surface area contributed by atoms with Gasteiger partial charge in [0.2, 0.25) is 0 Å². The first-order chi connectivity index (χ1) is 13.8.